The third-order valence-corrected chi connectivity index (χ3v) is 4.05. The van der Waals surface area contributed by atoms with Gasteiger partial charge in [0.25, 0.3) is 5.91 Å². The lowest BCUT2D eigenvalue weighted by Crippen LogP contribution is -2.52. The van der Waals surface area contributed by atoms with E-state index >= 15 is 0 Å². The molecule has 0 saturated carbocycles. The highest BCUT2D eigenvalue weighted by Crippen LogP contribution is 2.30. The number of hydrogen-bond donors (Lipinski definition) is 2. The first-order chi connectivity index (χ1) is 12.5. The Kier molecular flexibility index (Phi) is 5.46. The van der Waals surface area contributed by atoms with Crippen LogP contribution in [0.5, 0.6) is 11.5 Å². The summed E-state index contributed by atoms with van der Waals surface area (Å²) >= 11 is 0. The molecule has 0 spiro atoms. The van der Waals surface area contributed by atoms with Crippen LogP contribution >= 0.6 is 0 Å². The Labute approximate surface area is 151 Å². The van der Waals surface area contributed by atoms with Crippen LogP contribution in [0.25, 0.3) is 0 Å². The number of para-hydroxylation sites is 2. The first kappa shape index (κ1) is 17.8. The SMILES string of the molecule is CC(C)C(NC(=O)c1ccco1)C(=O)NCC1COc2ccccc2O1. The summed E-state index contributed by atoms with van der Waals surface area (Å²) in [6.45, 7) is 4.36. The lowest BCUT2D eigenvalue weighted by atomic mass is 10.0. The fraction of sp³-hybridized carbons (Fsp3) is 0.368. The summed E-state index contributed by atoms with van der Waals surface area (Å²) in [6.07, 6.45) is 1.12. The van der Waals surface area contributed by atoms with E-state index in [-0.39, 0.29) is 30.2 Å². The number of hydrogen-bond acceptors (Lipinski definition) is 5. The molecule has 2 aromatic rings. The Bertz CT molecular complexity index is 757. The lowest BCUT2D eigenvalue weighted by molar-refractivity contribution is -0.124. The van der Waals surface area contributed by atoms with Crippen molar-refractivity contribution in [1.29, 1.82) is 0 Å². The van der Waals surface area contributed by atoms with Crippen LogP contribution in [-0.4, -0.2) is 37.1 Å². The minimum atomic E-state index is -0.676. The van der Waals surface area contributed by atoms with E-state index in [4.69, 9.17) is 13.9 Å². The molecule has 1 aromatic heterocycles. The molecule has 7 heteroatoms. The minimum Gasteiger partial charge on any atom is -0.486 e. The van der Waals surface area contributed by atoms with Gasteiger partial charge in [0.15, 0.2) is 17.3 Å². The molecule has 0 bridgehead atoms. The molecule has 26 heavy (non-hydrogen) atoms. The molecule has 0 radical (unpaired) electrons. The second-order valence-electron chi connectivity index (χ2n) is 6.42. The van der Waals surface area contributed by atoms with Gasteiger partial charge >= 0.3 is 0 Å². The molecule has 1 aliphatic rings. The monoisotopic (exact) mass is 358 g/mol. The van der Waals surface area contributed by atoms with Gasteiger partial charge in [-0.3, -0.25) is 9.59 Å². The Balaban J connectivity index is 1.54. The van der Waals surface area contributed by atoms with Gasteiger partial charge in [0.2, 0.25) is 5.91 Å². The maximum Gasteiger partial charge on any atom is 0.287 e. The van der Waals surface area contributed by atoms with E-state index in [1.54, 1.807) is 12.1 Å². The van der Waals surface area contributed by atoms with Crippen LogP contribution in [0.3, 0.4) is 0 Å². The van der Waals surface area contributed by atoms with Gasteiger partial charge < -0.3 is 24.5 Å². The van der Waals surface area contributed by atoms with Gasteiger partial charge in [-0.2, -0.15) is 0 Å². The smallest absolute Gasteiger partial charge is 0.287 e. The Hall–Kier alpha value is -2.96. The summed E-state index contributed by atoms with van der Waals surface area (Å²) in [5.74, 6) is 0.741. The molecule has 7 nitrogen and oxygen atoms in total. The molecule has 2 N–H and O–H groups in total. The first-order valence-electron chi connectivity index (χ1n) is 8.55. The van der Waals surface area contributed by atoms with Gasteiger partial charge in [0.1, 0.15) is 18.8 Å². The molecule has 3 rings (SSSR count). The van der Waals surface area contributed by atoms with Crippen LogP contribution in [0.2, 0.25) is 0 Å². The fourth-order valence-electron chi connectivity index (χ4n) is 2.64. The molecule has 2 unspecified atom stereocenters. The molecular weight excluding hydrogens is 336 g/mol. The van der Waals surface area contributed by atoms with Crippen molar-refractivity contribution in [3.05, 3.63) is 48.4 Å². The highest BCUT2D eigenvalue weighted by Gasteiger charge is 2.27. The van der Waals surface area contributed by atoms with Crippen molar-refractivity contribution in [3.8, 4) is 11.5 Å². The number of carbonyl (C=O) groups excluding carboxylic acids is 2. The Morgan fingerprint density at radius 2 is 1.92 bits per heavy atom. The number of rotatable bonds is 6. The number of ether oxygens (including phenoxy) is 2. The zero-order valence-electron chi connectivity index (χ0n) is 14.7. The van der Waals surface area contributed by atoms with Crippen molar-refractivity contribution in [3.63, 3.8) is 0 Å². The molecule has 2 atom stereocenters. The number of carbonyl (C=O) groups is 2. The van der Waals surface area contributed by atoms with Crippen LogP contribution in [0.1, 0.15) is 24.4 Å². The highest BCUT2D eigenvalue weighted by atomic mass is 16.6. The predicted molar refractivity (Wildman–Crippen MR) is 94.2 cm³/mol. The topological polar surface area (TPSA) is 89.8 Å². The zero-order chi connectivity index (χ0) is 18.5. The normalized spacial score (nSPS) is 16.8. The van der Waals surface area contributed by atoms with Crippen LogP contribution in [0.15, 0.2) is 47.1 Å². The summed E-state index contributed by atoms with van der Waals surface area (Å²) in [7, 11) is 0. The standard InChI is InChI=1S/C19H22N2O5/c1-12(2)17(21-18(22)16-8-5-9-24-16)19(23)20-10-13-11-25-14-6-3-4-7-15(14)26-13/h3-9,12-13,17H,10-11H2,1-2H3,(H,20,23)(H,21,22). The van der Waals surface area contributed by atoms with Crippen molar-refractivity contribution >= 4 is 11.8 Å². The summed E-state index contributed by atoms with van der Waals surface area (Å²) < 4.78 is 16.5. The average Bonchev–Trinajstić information content (AvgIpc) is 3.18. The van der Waals surface area contributed by atoms with E-state index < -0.39 is 11.9 Å². The van der Waals surface area contributed by atoms with E-state index in [2.05, 4.69) is 10.6 Å². The van der Waals surface area contributed by atoms with Crippen molar-refractivity contribution in [1.82, 2.24) is 10.6 Å². The zero-order valence-corrected chi connectivity index (χ0v) is 14.7. The van der Waals surface area contributed by atoms with Crippen LogP contribution in [-0.2, 0) is 4.79 Å². The van der Waals surface area contributed by atoms with Crippen LogP contribution < -0.4 is 20.1 Å². The third kappa shape index (κ3) is 4.17. The summed E-state index contributed by atoms with van der Waals surface area (Å²) in [5, 5.41) is 5.53. The van der Waals surface area contributed by atoms with Gasteiger partial charge in [-0.25, -0.2) is 0 Å². The lowest BCUT2D eigenvalue weighted by Gasteiger charge is -2.27. The van der Waals surface area contributed by atoms with E-state index in [0.29, 0.717) is 18.1 Å². The Morgan fingerprint density at radius 3 is 2.62 bits per heavy atom. The number of fused-ring (bicyclic) bond motifs is 1. The number of amides is 2. The van der Waals surface area contributed by atoms with Gasteiger partial charge in [0.05, 0.1) is 12.8 Å². The van der Waals surface area contributed by atoms with Crippen molar-refractivity contribution in [2.24, 2.45) is 5.92 Å². The minimum absolute atomic E-state index is 0.0850. The van der Waals surface area contributed by atoms with Gasteiger partial charge in [-0.15, -0.1) is 0 Å². The number of nitrogens with one attached hydrogen (secondary N) is 2. The molecule has 0 saturated heterocycles. The summed E-state index contributed by atoms with van der Waals surface area (Å²) in [6, 6.07) is 9.89. The molecule has 2 heterocycles. The molecule has 1 aliphatic heterocycles. The fourth-order valence-corrected chi connectivity index (χ4v) is 2.64. The molecule has 138 valence electrons. The maximum absolute atomic E-state index is 12.5. The second-order valence-corrected chi connectivity index (χ2v) is 6.42. The largest absolute Gasteiger partial charge is 0.486 e. The average molecular weight is 358 g/mol. The van der Waals surface area contributed by atoms with E-state index in [1.165, 1.54) is 6.26 Å². The van der Waals surface area contributed by atoms with Crippen LogP contribution in [0, 0.1) is 5.92 Å². The molecule has 1 aromatic carbocycles. The Morgan fingerprint density at radius 1 is 1.15 bits per heavy atom. The number of benzene rings is 1. The maximum atomic E-state index is 12.5. The molecule has 2 amide bonds. The van der Waals surface area contributed by atoms with Crippen molar-refractivity contribution in [2.45, 2.75) is 26.0 Å². The summed E-state index contributed by atoms with van der Waals surface area (Å²) in [5.41, 5.74) is 0. The quantitative estimate of drug-likeness (QED) is 0.824. The summed E-state index contributed by atoms with van der Waals surface area (Å²) in [4.78, 5) is 24.7. The van der Waals surface area contributed by atoms with Crippen molar-refractivity contribution in [2.75, 3.05) is 13.2 Å². The van der Waals surface area contributed by atoms with Gasteiger partial charge in [-0.05, 0) is 30.2 Å². The highest BCUT2D eigenvalue weighted by molar-refractivity contribution is 5.95. The van der Waals surface area contributed by atoms with E-state index in [9.17, 15) is 9.59 Å². The van der Waals surface area contributed by atoms with Gasteiger partial charge in [0, 0.05) is 0 Å². The van der Waals surface area contributed by atoms with Gasteiger partial charge in [-0.1, -0.05) is 26.0 Å². The van der Waals surface area contributed by atoms with E-state index in [1.807, 2.05) is 38.1 Å². The number of furan rings is 1. The van der Waals surface area contributed by atoms with Crippen molar-refractivity contribution < 1.29 is 23.5 Å². The first-order valence-corrected chi connectivity index (χ1v) is 8.55. The molecular formula is C19H22N2O5. The third-order valence-electron chi connectivity index (χ3n) is 4.05. The predicted octanol–water partition coefficient (Wildman–Crippen LogP) is 1.99. The molecule has 0 fully saturated rings. The van der Waals surface area contributed by atoms with Crippen LogP contribution in [0.4, 0.5) is 0 Å². The second kappa shape index (κ2) is 7.95. The molecule has 0 aliphatic carbocycles. The van der Waals surface area contributed by atoms with E-state index in [0.717, 1.165) is 0 Å².